The molecule has 0 aromatic heterocycles. The summed E-state index contributed by atoms with van der Waals surface area (Å²) in [4.78, 5) is 26.4. The molecule has 4 rings (SSSR count). The van der Waals surface area contributed by atoms with Crippen molar-refractivity contribution in [3.8, 4) is 0 Å². The highest BCUT2D eigenvalue weighted by atomic mass is 32.1. The van der Waals surface area contributed by atoms with E-state index in [0.29, 0.717) is 11.1 Å². The Hall–Kier alpha value is -2.93. The lowest BCUT2D eigenvalue weighted by atomic mass is 9.83. The van der Waals surface area contributed by atoms with Crippen LogP contribution in [0.25, 0.3) is 0 Å². The average molecular weight is 409 g/mol. The SMILES string of the molecule is O=C1NC(c2ccccc2)(c2ccccc2)C(=O)N1NC(=S)NC1CCCCC1. The third-order valence-electron chi connectivity index (χ3n) is 5.59. The Morgan fingerprint density at radius 3 is 2.03 bits per heavy atom. The smallest absolute Gasteiger partial charge is 0.344 e. The maximum Gasteiger partial charge on any atom is 0.344 e. The van der Waals surface area contributed by atoms with E-state index in [4.69, 9.17) is 12.2 Å². The van der Waals surface area contributed by atoms with E-state index in [1.807, 2.05) is 60.7 Å². The molecule has 150 valence electrons. The Morgan fingerprint density at radius 1 is 0.931 bits per heavy atom. The molecule has 29 heavy (non-hydrogen) atoms. The van der Waals surface area contributed by atoms with Crippen molar-refractivity contribution in [2.24, 2.45) is 0 Å². The zero-order valence-corrected chi connectivity index (χ0v) is 16.9. The lowest BCUT2D eigenvalue weighted by Gasteiger charge is -2.28. The molecule has 3 amide bonds. The van der Waals surface area contributed by atoms with Crippen LogP contribution in [0.1, 0.15) is 43.2 Å². The minimum Gasteiger partial charge on any atom is -0.359 e. The molecule has 2 aliphatic rings. The third-order valence-corrected chi connectivity index (χ3v) is 5.80. The highest BCUT2D eigenvalue weighted by Gasteiger charge is 2.54. The first-order chi connectivity index (χ1) is 14.1. The van der Waals surface area contributed by atoms with E-state index in [1.165, 1.54) is 6.42 Å². The zero-order chi connectivity index (χ0) is 20.3. The van der Waals surface area contributed by atoms with Crippen LogP contribution in [0, 0.1) is 0 Å². The standard InChI is InChI=1S/C22H24N4O2S/c27-19-22(16-10-4-1-5-11-16,17-12-6-2-7-13-17)24-21(28)26(19)25-20(29)23-18-14-8-3-9-15-18/h1-2,4-7,10-13,18H,3,8-9,14-15H2,(H,24,28)(H2,23,25,29). The van der Waals surface area contributed by atoms with Gasteiger partial charge in [-0.25, -0.2) is 4.79 Å². The normalized spacial score (nSPS) is 19.0. The van der Waals surface area contributed by atoms with Crippen LogP contribution in [0.3, 0.4) is 0 Å². The molecular formula is C22H24N4O2S. The van der Waals surface area contributed by atoms with Crippen molar-refractivity contribution in [1.29, 1.82) is 0 Å². The molecule has 0 unspecified atom stereocenters. The number of hydrogen-bond acceptors (Lipinski definition) is 3. The van der Waals surface area contributed by atoms with Crippen molar-refractivity contribution in [1.82, 2.24) is 21.1 Å². The predicted molar refractivity (Wildman–Crippen MR) is 115 cm³/mol. The molecule has 0 bridgehead atoms. The minimum atomic E-state index is -1.30. The summed E-state index contributed by atoms with van der Waals surface area (Å²) < 4.78 is 0. The highest BCUT2D eigenvalue weighted by molar-refractivity contribution is 7.80. The monoisotopic (exact) mass is 408 g/mol. The fourth-order valence-corrected chi connectivity index (χ4v) is 4.39. The molecule has 1 aliphatic carbocycles. The van der Waals surface area contributed by atoms with Gasteiger partial charge in [-0.1, -0.05) is 79.9 Å². The predicted octanol–water partition coefficient (Wildman–Crippen LogP) is 3.19. The van der Waals surface area contributed by atoms with Gasteiger partial charge in [0.1, 0.15) is 0 Å². The van der Waals surface area contributed by atoms with Crippen molar-refractivity contribution in [2.75, 3.05) is 0 Å². The van der Waals surface area contributed by atoms with Gasteiger partial charge in [0.25, 0.3) is 5.91 Å². The zero-order valence-electron chi connectivity index (χ0n) is 16.1. The summed E-state index contributed by atoms with van der Waals surface area (Å²) in [6.07, 6.45) is 5.64. The maximum atomic E-state index is 13.6. The number of urea groups is 1. The summed E-state index contributed by atoms with van der Waals surface area (Å²) in [5.41, 5.74) is 2.90. The number of thiocarbonyl (C=S) groups is 1. The second kappa shape index (κ2) is 8.21. The number of carbonyl (C=O) groups excluding carboxylic acids is 2. The molecule has 2 fully saturated rings. The molecule has 1 saturated heterocycles. The molecule has 0 atom stereocenters. The molecule has 7 heteroatoms. The van der Waals surface area contributed by atoms with Gasteiger partial charge in [0.15, 0.2) is 10.7 Å². The summed E-state index contributed by atoms with van der Waals surface area (Å²) in [5.74, 6) is -0.410. The largest absolute Gasteiger partial charge is 0.359 e. The van der Waals surface area contributed by atoms with Gasteiger partial charge in [0.2, 0.25) is 0 Å². The van der Waals surface area contributed by atoms with Crippen molar-refractivity contribution in [2.45, 2.75) is 43.7 Å². The number of hydrazine groups is 1. The minimum absolute atomic E-state index is 0.275. The number of hydrogen-bond donors (Lipinski definition) is 3. The van der Waals surface area contributed by atoms with E-state index >= 15 is 0 Å². The van der Waals surface area contributed by atoms with Crippen LogP contribution in [-0.2, 0) is 10.3 Å². The first-order valence-corrected chi connectivity index (χ1v) is 10.4. The lowest BCUT2D eigenvalue weighted by Crippen LogP contribution is -2.53. The number of benzene rings is 2. The number of nitrogens with one attached hydrogen (secondary N) is 3. The number of nitrogens with zero attached hydrogens (tertiary/aromatic N) is 1. The molecule has 0 spiro atoms. The third kappa shape index (κ3) is 3.70. The van der Waals surface area contributed by atoms with E-state index < -0.39 is 17.5 Å². The van der Waals surface area contributed by atoms with Crippen molar-refractivity contribution < 1.29 is 9.59 Å². The summed E-state index contributed by atoms with van der Waals surface area (Å²) in [7, 11) is 0. The van der Waals surface area contributed by atoms with Gasteiger partial charge < -0.3 is 10.6 Å². The molecule has 3 N–H and O–H groups in total. The van der Waals surface area contributed by atoms with Crippen molar-refractivity contribution >= 4 is 29.3 Å². The molecule has 2 aromatic carbocycles. The van der Waals surface area contributed by atoms with Crippen LogP contribution in [0.2, 0.25) is 0 Å². The Labute approximate surface area is 175 Å². The van der Waals surface area contributed by atoms with Gasteiger partial charge in [0.05, 0.1) is 0 Å². The quantitative estimate of drug-likeness (QED) is 0.535. The molecule has 1 aliphatic heterocycles. The second-order valence-corrected chi connectivity index (χ2v) is 7.88. The number of imide groups is 1. The summed E-state index contributed by atoms with van der Waals surface area (Å²) in [5, 5.41) is 7.41. The summed E-state index contributed by atoms with van der Waals surface area (Å²) in [6, 6.07) is 18.3. The Morgan fingerprint density at radius 2 is 1.48 bits per heavy atom. The van der Waals surface area contributed by atoms with Gasteiger partial charge in [-0.3, -0.25) is 10.2 Å². The van der Waals surface area contributed by atoms with Crippen LogP contribution < -0.4 is 16.1 Å². The van der Waals surface area contributed by atoms with Crippen LogP contribution >= 0.6 is 12.2 Å². The number of rotatable bonds is 4. The highest BCUT2D eigenvalue weighted by Crippen LogP contribution is 2.35. The first-order valence-electron chi connectivity index (χ1n) is 9.96. The maximum absolute atomic E-state index is 13.6. The van der Waals surface area contributed by atoms with Crippen molar-refractivity contribution in [3.63, 3.8) is 0 Å². The Kier molecular flexibility index (Phi) is 5.49. The van der Waals surface area contributed by atoms with Gasteiger partial charge in [-0.05, 0) is 36.2 Å². The first kappa shape index (κ1) is 19.4. The van der Waals surface area contributed by atoms with Gasteiger partial charge in [-0.2, -0.15) is 5.01 Å². The molecule has 6 nitrogen and oxygen atoms in total. The van der Waals surface area contributed by atoms with E-state index in [1.54, 1.807) is 0 Å². The van der Waals surface area contributed by atoms with Crippen LogP contribution in [0.4, 0.5) is 4.79 Å². The van der Waals surface area contributed by atoms with E-state index in [0.717, 1.165) is 30.7 Å². The number of amides is 3. The van der Waals surface area contributed by atoms with Crippen LogP contribution in [0.15, 0.2) is 60.7 Å². The van der Waals surface area contributed by atoms with Crippen LogP contribution in [-0.4, -0.2) is 28.1 Å². The molecule has 1 heterocycles. The lowest BCUT2D eigenvalue weighted by molar-refractivity contribution is -0.131. The Balaban J connectivity index is 1.61. The van der Waals surface area contributed by atoms with E-state index in [-0.39, 0.29) is 11.2 Å². The van der Waals surface area contributed by atoms with E-state index in [9.17, 15) is 9.59 Å². The topological polar surface area (TPSA) is 73.5 Å². The average Bonchev–Trinajstić information content (AvgIpc) is 3.01. The fraction of sp³-hybridized carbons (Fsp3) is 0.318. The van der Waals surface area contributed by atoms with Crippen LogP contribution in [0.5, 0.6) is 0 Å². The second-order valence-electron chi connectivity index (χ2n) is 7.47. The van der Waals surface area contributed by atoms with Gasteiger partial charge in [-0.15, -0.1) is 0 Å². The molecule has 0 radical (unpaired) electrons. The fourth-order valence-electron chi connectivity index (χ4n) is 4.13. The van der Waals surface area contributed by atoms with Crippen molar-refractivity contribution in [3.05, 3.63) is 71.8 Å². The summed E-state index contributed by atoms with van der Waals surface area (Å²) >= 11 is 5.39. The molecular weight excluding hydrogens is 384 g/mol. The number of carbonyl (C=O) groups is 2. The molecule has 1 saturated carbocycles. The molecule has 2 aromatic rings. The van der Waals surface area contributed by atoms with Gasteiger partial charge in [0, 0.05) is 6.04 Å². The summed E-state index contributed by atoms with van der Waals surface area (Å²) in [6.45, 7) is 0. The van der Waals surface area contributed by atoms with Gasteiger partial charge >= 0.3 is 6.03 Å². The van der Waals surface area contributed by atoms with E-state index in [2.05, 4.69) is 16.1 Å². The Bertz CT molecular complexity index is 858.